The van der Waals surface area contributed by atoms with Crippen LogP contribution in [-0.4, -0.2) is 11.3 Å². The molecule has 0 radical (unpaired) electrons. The van der Waals surface area contributed by atoms with E-state index >= 15 is 0 Å². The summed E-state index contributed by atoms with van der Waals surface area (Å²) in [4.78, 5) is 15.5. The van der Waals surface area contributed by atoms with Crippen LogP contribution < -0.4 is 0 Å². The Bertz CT molecular complexity index is 1010. The average Bonchev–Trinajstić information content (AvgIpc) is 2.68. The van der Waals surface area contributed by atoms with Crippen molar-refractivity contribution in [1.82, 2.24) is 4.98 Å². The first-order valence-corrected chi connectivity index (χ1v) is 7.85. The van der Waals surface area contributed by atoms with Gasteiger partial charge < -0.3 is 0 Å². The van der Waals surface area contributed by atoms with Crippen molar-refractivity contribution in [2.45, 2.75) is 0 Å². The third kappa shape index (κ3) is 2.48. The van der Waals surface area contributed by atoms with Crippen molar-refractivity contribution in [3.8, 4) is 22.4 Å². The highest BCUT2D eigenvalue weighted by Gasteiger charge is 2.11. The van der Waals surface area contributed by atoms with E-state index in [1.54, 1.807) is 0 Å². The molecular weight excluding hydrogens is 294 g/mol. The van der Waals surface area contributed by atoms with Crippen molar-refractivity contribution in [3.63, 3.8) is 0 Å². The lowest BCUT2D eigenvalue weighted by Crippen LogP contribution is -1.90. The number of hydrogen-bond donors (Lipinski definition) is 0. The Kier molecular flexibility index (Phi) is 3.64. The molecule has 1 aromatic heterocycles. The lowest BCUT2D eigenvalue weighted by atomic mass is 9.94. The standard InChI is InChI=1S/C22H15NO/c24-15-16-9-11-18(12-10-16)19-6-3-4-8-21(19)22-20-7-2-1-5-17(20)13-14-23-22/h1-15H. The third-order valence-electron chi connectivity index (χ3n) is 4.21. The minimum atomic E-state index is 0.680. The number of aromatic nitrogens is 1. The van der Waals surface area contributed by atoms with Crippen LogP contribution in [0.2, 0.25) is 0 Å². The van der Waals surface area contributed by atoms with Crippen molar-refractivity contribution in [3.05, 3.63) is 90.6 Å². The van der Waals surface area contributed by atoms with E-state index in [-0.39, 0.29) is 0 Å². The fourth-order valence-corrected chi connectivity index (χ4v) is 3.02. The molecule has 0 amide bonds. The molecule has 0 aliphatic heterocycles. The Balaban J connectivity index is 1.94. The number of fused-ring (bicyclic) bond motifs is 1. The van der Waals surface area contributed by atoms with Gasteiger partial charge in [-0.15, -0.1) is 0 Å². The second-order valence-electron chi connectivity index (χ2n) is 5.67. The second kappa shape index (κ2) is 6.09. The summed E-state index contributed by atoms with van der Waals surface area (Å²) in [5.41, 5.74) is 4.93. The molecule has 4 aromatic rings. The first-order valence-electron chi connectivity index (χ1n) is 7.85. The molecule has 24 heavy (non-hydrogen) atoms. The highest BCUT2D eigenvalue weighted by molar-refractivity contribution is 5.98. The van der Waals surface area contributed by atoms with Crippen LogP contribution >= 0.6 is 0 Å². The highest BCUT2D eigenvalue weighted by atomic mass is 16.1. The first-order chi connectivity index (χ1) is 11.9. The molecule has 4 rings (SSSR count). The van der Waals surface area contributed by atoms with E-state index in [0.717, 1.165) is 34.1 Å². The Morgan fingerprint density at radius 2 is 1.42 bits per heavy atom. The quantitative estimate of drug-likeness (QED) is 0.475. The SMILES string of the molecule is O=Cc1ccc(-c2ccccc2-c2nccc3ccccc23)cc1. The summed E-state index contributed by atoms with van der Waals surface area (Å²) in [5.74, 6) is 0. The van der Waals surface area contributed by atoms with E-state index in [1.165, 1.54) is 5.39 Å². The summed E-state index contributed by atoms with van der Waals surface area (Å²) >= 11 is 0. The van der Waals surface area contributed by atoms with Gasteiger partial charge in [0.05, 0.1) is 5.69 Å². The van der Waals surface area contributed by atoms with Gasteiger partial charge in [-0.25, -0.2) is 0 Å². The molecule has 0 unspecified atom stereocenters. The molecule has 0 saturated heterocycles. The zero-order valence-corrected chi connectivity index (χ0v) is 13.0. The van der Waals surface area contributed by atoms with Crippen molar-refractivity contribution >= 4 is 17.1 Å². The fourth-order valence-electron chi connectivity index (χ4n) is 3.02. The molecule has 3 aromatic carbocycles. The molecule has 0 saturated carbocycles. The number of nitrogens with zero attached hydrogens (tertiary/aromatic N) is 1. The molecule has 0 spiro atoms. The molecule has 114 valence electrons. The smallest absolute Gasteiger partial charge is 0.150 e. The lowest BCUT2D eigenvalue weighted by Gasteiger charge is -2.12. The van der Waals surface area contributed by atoms with Crippen molar-refractivity contribution in [2.24, 2.45) is 0 Å². The number of carbonyl (C=O) groups excluding carboxylic acids is 1. The minimum Gasteiger partial charge on any atom is -0.298 e. The van der Waals surface area contributed by atoms with Crippen molar-refractivity contribution in [2.75, 3.05) is 0 Å². The topological polar surface area (TPSA) is 30.0 Å². The Morgan fingerprint density at radius 1 is 0.708 bits per heavy atom. The molecule has 1 heterocycles. The molecule has 0 N–H and O–H groups in total. The predicted octanol–water partition coefficient (Wildman–Crippen LogP) is 5.38. The van der Waals surface area contributed by atoms with E-state index in [1.807, 2.05) is 60.8 Å². The Morgan fingerprint density at radius 3 is 2.21 bits per heavy atom. The van der Waals surface area contributed by atoms with Crippen LogP contribution in [0.5, 0.6) is 0 Å². The second-order valence-corrected chi connectivity index (χ2v) is 5.67. The zero-order valence-electron chi connectivity index (χ0n) is 13.0. The lowest BCUT2D eigenvalue weighted by molar-refractivity contribution is 0.112. The maximum absolute atomic E-state index is 10.9. The number of pyridine rings is 1. The predicted molar refractivity (Wildman–Crippen MR) is 98.0 cm³/mol. The molecule has 0 aliphatic carbocycles. The number of hydrogen-bond acceptors (Lipinski definition) is 2. The molecule has 0 fully saturated rings. The summed E-state index contributed by atoms with van der Waals surface area (Å²) in [5, 5.41) is 2.31. The van der Waals surface area contributed by atoms with Gasteiger partial charge in [-0.1, -0.05) is 72.8 Å². The van der Waals surface area contributed by atoms with Crippen molar-refractivity contribution in [1.29, 1.82) is 0 Å². The van der Waals surface area contributed by atoms with Crippen LogP contribution in [0.25, 0.3) is 33.2 Å². The van der Waals surface area contributed by atoms with Gasteiger partial charge in [-0.3, -0.25) is 9.78 Å². The van der Waals surface area contributed by atoms with E-state index < -0.39 is 0 Å². The van der Waals surface area contributed by atoms with E-state index in [4.69, 9.17) is 0 Å². The molecular formula is C22H15NO. The van der Waals surface area contributed by atoms with Crippen LogP contribution in [0, 0.1) is 0 Å². The summed E-state index contributed by atoms with van der Waals surface area (Å²) in [6.45, 7) is 0. The minimum absolute atomic E-state index is 0.680. The van der Waals surface area contributed by atoms with Gasteiger partial charge in [0.25, 0.3) is 0 Å². The largest absolute Gasteiger partial charge is 0.298 e. The number of aldehydes is 1. The first kappa shape index (κ1) is 14.3. The van der Waals surface area contributed by atoms with Crippen LogP contribution in [0.3, 0.4) is 0 Å². The van der Waals surface area contributed by atoms with Crippen molar-refractivity contribution < 1.29 is 4.79 Å². The van der Waals surface area contributed by atoms with Gasteiger partial charge in [-0.05, 0) is 22.6 Å². The zero-order chi connectivity index (χ0) is 16.4. The Hall–Kier alpha value is -3.26. The maximum atomic E-state index is 10.9. The van der Waals surface area contributed by atoms with Gasteiger partial charge in [0.2, 0.25) is 0 Å². The summed E-state index contributed by atoms with van der Waals surface area (Å²) in [6, 6.07) is 26.2. The van der Waals surface area contributed by atoms with E-state index in [0.29, 0.717) is 5.56 Å². The molecule has 0 bridgehead atoms. The normalized spacial score (nSPS) is 10.7. The average molecular weight is 309 g/mol. The molecule has 2 nitrogen and oxygen atoms in total. The summed E-state index contributed by atoms with van der Waals surface area (Å²) in [7, 11) is 0. The fraction of sp³-hybridized carbons (Fsp3) is 0. The summed E-state index contributed by atoms with van der Waals surface area (Å²) in [6.07, 6.45) is 2.71. The number of carbonyl (C=O) groups is 1. The maximum Gasteiger partial charge on any atom is 0.150 e. The Labute approximate surface area is 140 Å². The van der Waals surface area contributed by atoms with E-state index in [9.17, 15) is 4.79 Å². The molecule has 0 atom stereocenters. The van der Waals surface area contributed by atoms with Crippen LogP contribution in [0.4, 0.5) is 0 Å². The van der Waals surface area contributed by atoms with Gasteiger partial charge >= 0.3 is 0 Å². The summed E-state index contributed by atoms with van der Waals surface area (Å²) < 4.78 is 0. The number of rotatable bonds is 3. The monoisotopic (exact) mass is 309 g/mol. The highest BCUT2D eigenvalue weighted by Crippen LogP contribution is 2.34. The van der Waals surface area contributed by atoms with E-state index in [2.05, 4.69) is 29.2 Å². The molecule has 2 heteroatoms. The van der Waals surface area contributed by atoms with Gasteiger partial charge in [-0.2, -0.15) is 0 Å². The molecule has 0 aliphatic rings. The van der Waals surface area contributed by atoms with Crippen LogP contribution in [0.1, 0.15) is 10.4 Å². The van der Waals surface area contributed by atoms with Gasteiger partial charge in [0.15, 0.2) is 0 Å². The van der Waals surface area contributed by atoms with Crippen LogP contribution in [-0.2, 0) is 0 Å². The van der Waals surface area contributed by atoms with Crippen LogP contribution in [0.15, 0.2) is 85.1 Å². The number of benzene rings is 3. The third-order valence-corrected chi connectivity index (χ3v) is 4.21. The van der Waals surface area contributed by atoms with Gasteiger partial charge in [0.1, 0.15) is 6.29 Å². The van der Waals surface area contributed by atoms with Gasteiger partial charge in [0, 0.05) is 22.7 Å².